The third-order valence-electron chi connectivity index (χ3n) is 6.46. The van der Waals surface area contributed by atoms with Crippen molar-refractivity contribution in [2.45, 2.75) is 35.7 Å². The summed E-state index contributed by atoms with van der Waals surface area (Å²) in [6.07, 6.45) is 5.04. The molecule has 144 valence electrons. The Kier molecular flexibility index (Phi) is 4.07. The lowest BCUT2D eigenvalue weighted by atomic mass is 9.84. The lowest BCUT2D eigenvalue weighted by Gasteiger charge is -2.59. The Hall–Kier alpha value is -1.92. The Morgan fingerprint density at radius 2 is 1.04 bits per heavy atom. The fourth-order valence-electron chi connectivity index (χ4n) is 4.89. The van der Waals surface area contributed by atoms with Gasteiger partial charge in [-0.05, 0) is 34.8 Å². The van der Waals surface area contributed by atoms with E-state index < -0.39 is 9.74 Å². The zero-order valence-corrected chi connectivity index (χ0v) is 17.6. The zero-order chi connectivity index (χ0) is 19.5. The van der Waals surface area contributed by atoms with Crippen LogP contribution in [0.2, 0.25) is 0 Å². The molecule has 0 bridgehead atoms. The summed E-state index contributed by atoms with van der Waals surface area (Å²) in [6.45, 7) is 0.999. The Morgan fingerprint density at radius 3 is 1.39 bits per heavy atom. The smallest absolute Gasteiger partial charge is 0.261 e. The van der Waals surface area contributed by atoms with Gasteiger partial charge in [0, 0.05) is 25.9 Å². The monoisotopic (exact) mass is 410 g/mol. The van der Waals surface area contributed by atoms with E-state index in [1.165, 1.54) is 34.7 Å². The van der Waals surface area contributed by atoms with E-state index in [9.17, 15) is 9.59 Å². The molecule has 0 spiro atoms. The van der Waals surface area contributed by atoms with Gasteiger partial charge in [0.2, 0.25) is 0 Å². The van der Waals surface area contributed by atoms with Gasteiger partial charge in [-0.15, -0.1) is 23.5 Å². The standard InChI is InChI=1S/C22H22N2O2S2/c1-27-21-11-15-7-3-5-9-17(15)13-23(21)20(26)22(28-2)12-16-8-4-6-10-18(16)14-24(22)19(21)25/h3-10H,11-14H2,1-2H3/t21-,22-/m1/s1. The SMILES string of the molecule is CS[C@@]12Cc3ccccc3CN1C(=O)[C@]1(SC)Cc3ccccc3CN1C2=O. The summed E-state index contributed by atoms with van der Waals surface area (Å²) >= 11 is 3.01. The maximum absolute atomic E-state index is 14.0. The maximum Gasteiger partial charge on any atom is 0.261 e. The molecule has 0 aromatic heterocycles. The van der Waals surface area contributed by atoms with E-state index in [1.807, 2.05) is 46.6 Å². The van der Waals surface area contributed by atoms with Crippen LogP contribution >= 0.6 is 23.5 Å². The first-order valence-corrected chi connectivity index (χ1v) is 11.9. The molecular formula is C22H22N2O2S2. The average Bonchev–Trinajstić information content (AvgIpc) is 2.75. The first-order chi connectivity index (χ1) is 13.6. The van der Waals surface area contributed by atoms with E-state index in [2.05, 4.69) is 24.3 Å². The number of thioether (sulfide) groups is 2. The van der Waals surface area contributed by atoms with Crippen LogP contribution in [0.25, 0.3) is 0 Å². The first kappa shape index (κ1) is 18.1. The number of carbonyl (C=O) groups excluding carboxylic acids is 2. The minimum absolute atomic E-state index is 0.0676. The molecule has 3 aliphatic heterocycles. The van der Waals surface area contributed by atoms with E-state index in [1.54, 1.807) is 0 Å². The van der Waals surface area contributed by atoms with E-state index in [0.717, 1.165) is 11.1 Å². The second-order valence-corrected chi connectivity index (χ2v) is 9.82. The highest BCUT2D eigenvalue weighted by Crippen LogP contribution is 2.51. The van der Waals surface area contributed by atoms with Crippen molar-refractivity contribution in [1.29, 1.82) is 0 Å². The second-order valence-electron chi connectivity index (χ2n) is 7.65. The third kappa shape index (κ3) is 2.22. The molecule has 2 aromatic carbocycles. The van der Waals surface area contributed by atoms with Crippen LogP contribution in [-0.4, -0.2) is 43.9 Å². The van der Waals surface area contributed by atoms with Crippen molar-refractivity contribution >= 4 is 35.3 Å². The van der Waals surface area contributed by atoms with Crippen molar-refractivity contribution < 1.29 is 9.59 Å². The predicted octanol–water partition coefficient (Wildman–Crippen LogP) is 3.29. The molecule has 3 heterocycles. The summed E-state index contributed by atoms with van der Waals surface area (Å²) in [5.74, 6) is 0.135. The molecule has 6 heteroatoms. The Morgan fingerprint density at radius 1 is 0.679 bits per heavy atom. The number of benzene rings is 2. The van der Waals surface area contributed by atoms with Crippen LogP contribution < -0.4 is 0 Å². The molecule has 1 fully saturated rings. The van der Waals surface area contributed by atoms with Crippen molar-refractivity contribution in [3.05, 3.63) is 70.8 Å². The molecule has 4 nitrogen and oxygen atoms in total. The molecule has 0 aliphatic carbocycles. The molecular weight excluding hydrogens is 388 g/mol. The Labute approximate surface area is 173 Å². The van der Waals surface area contributed by atoms with Crippen LogP contribution in [0.4, 0.5) is 0 Å². The maximum atomic E-state index is 14.0. The molecule has 2 atom stereocenters. The van der Waals surface area contributed by atoms with Crippen molar-refractivity contribution in [2.75, 3.05) is 12.5 Å². The van der Waals surface area contributed by atoms with Gasteiger partial charge in [0.15, 0.2) is 9.74 Å². The zero-order valence-electron chi connectivity index (χ0n) is 16.0. The van der Waals surface area contributed by atoms with E-state index in [-0.39, 0.29) is 11.8 Å². The summed E-state index contributed by atoms with van der Waals surface area (Å²) in [5, 5.41) is 0. The molecule has 5 rings (SSSR count). The fraction of sp³-hybridized carbons (Fsp3) is 0.364. The number of amides is 2. The third-order valence-corrected chi connectivity index (χ3v) is 8.89. The largest absolute Gasteiger partial charge is 0.312 e. The van der Waals surface area contributed by atoms with Gasteiger partial charge in [-0.25, -0.2) is 0 Å². The van der Waals surface area contributed by atoms with Gasteiger partial charge in [-0.1, -0.05) is 48.5 Å². The number of nitrogens with zero attached hydrogens (tertiary/aromatic N) is 2. The van der Waals surface area contributed by atoms with Gasteiger partial charge < -0.3 is 9.80 Å². The van der Waals surface area contributed by atoms with E-state index in [0.29, 0.717) is 25.9 Å². The molecule has 3 aliphatic rings. The minimum atomic E-state index is -0.850. The first-order valence-electron chi connectivity index (χ1n) is 9.44. The van der Waals surface area contributed by atoms with Crippen LogP contribution in [0.15, 0.2) is 48.5 Å². The molecule has 28 heavy (non-hydrogen) atoms. The number of hydrogen-bond donors (Lipinski definition) is 0. The van der Waals surface area contributed by atoms with Crippen LogP contribution in [-0.2, 0) is 35.5 Å². The van der Waals surface area contributed by atoms with Gasteiger partial charge >= 0.3 is 0 Å². The van der Waals surface area contributed by atoms with Crippen molar-refractivity contribution in [2.24, 2.45) is 0 Å². The summed E-state index contributed by atoms with van der Waals surface area (Å²) in [7, 11) is 0. The van der Waals surface area contributed by atoms with Gasteiger partial charge in [0.1, 0.15) is 0 Å². The Balaban J connectivity index is 1.68. The van der Waals surface area contributed by atoms with E-state index >= 15 is 0 Å². The van der Waals surface area contributed by atoms with Gasteiger partial charge in [0.25, 0.3) is 11.8 Å². The second kappa shape index (κ2) is 6.29. The topological polar surface area (TPSA) is 40.6 Å². The normalized spacial score (nSPS) is 28.4. The number of piperazine rings is 1. The lowest BCUT2D eigenvalue weighted by Crippen LogP contribution is -2.76. The number of hydrogen-bond acceptors (Lipinski definition) is 4. The highest BCUT2D eigenvalue weighted by Gasteiger charge is 2.64. The number of carbonyl (C=O) groups is 2. The van der Waals surface area contributed by atoms with E-state index in [4.69, 9.17) is 0 Å². The Bertz CT molecular complexity index is 915. The highest BCUT2D eigenvalue weighted by molar-refractivity contribution is 8.01. The summed E-state index contributed by atoms with van der Waals surface area (Å²) in [4.78, 5) is 30.0. The number of fused-ring (bicyclic) bond motifs is 4. The van der Waals surface area contributed by atoms with Crippen LogP contribution in [0.1, 0.15) is 22.3 Å². The summed E-state index contributed by atoms with van der Waals surface area (Å²) in [6, 6.07) is 16.4. The summed E-state index contributed by atoms with van der Waals surface area (Å²) in [5.41, 5.74) is 4.63. The van der Waals surface area contributed by atoms with Crippen LogP contribution in [0.5, 0.6) is 0 Å². The summed E-state index contributed by atoms with van der Waals surface area (Å²) < 4.78 is 0. The molecule has 2 aromatic rings. The predicted molar refractivity (Wildman–Crippen MR) is 114 cm³/mol. The highest BCUT2D eigenvalue weighted by atomic mass is 32.2. The average molecular weight is 411 g/mol. The molecule has 0 saturated carbocycles. The van der Waals surface area contributed by atoms with Crippen molar-refractivity contribution in [1.82, 2.24) is 9.80 Å². The minimum Gasteiger partial charge on any atom is -0.312 e. The lowest BCUT2D eigenvalue weighted by molar-refractivity contribution is -0.169. The van der Waals surface area contributed by atoms with Crippen LogP contribution in [0, 0.1) is 0 Å². The van der Waals surface area contributed by atoms with Crippen molar-refractivity contribution in [3.8, 4) is 0 Å². The number of rotatable bonds is 2. The molecule has 2 amide bonds. The molecule has 1 saturated heterocycles. The van der Waals surface area contributed by atoms with Gasteiger partial charge in [-0.3, -0.25) is 9.59 Å². The molecule has 0 N–H and O–H groups in total. The van der Waals surface area contributed by atoms with Gasteiger partial charge in [0.05, 0.1) is 0 Å². The van der Waals surface area contributed by atoms with Gasteiger partial charge in [-0.2, -0.15) is 0 Å². The molecule has 0 radical (unpaired) electrons. The van der Waals surface area contributed by atoms with Crippen LogP contribution in [0.3, 0.4) is 0 Å². The molecule has 0 unspecified atom stereocenters. The quantitative estimate of drug-likeness (QED) is 0.762. The fourth-order valence-corrected chi connectivity index (χ4v) is 6.79. The van der Waals surface area contributed by atoms with Crippen molar-refractivity contribution in [3.63, 3.8) is 0 Å².